The van der Waals surface area contributed by atoms with Gasteiger partial charge in [-0.05, 0) is 24.6 Å². The van der Waals surface area contributed by atoms with E-state index in [9.17, 15) is 14.9 Å². The number of nitro benzene ring substituents is 1. The molecule has 3 heterocycles. The van der Waals surface area contributed by atoms with Crippen LogP contribution in [0.5, 0.6) is 0 Å². The van der Waals surface area contributed by atoms with E-state index >= 15 is 0 Å². The Morgan fingerprint density at radius 3 is 2.71 bits per heavy atom. The number of fused-ring (bicyclic) bond motifs is 1. The van der Waals surface area contributed by atoms with Gasteiger partial charge in [-0.2, -0.15) is 4.98 Å². The molecule has 0 radical (unpaired) electrons. The van der Waals surface area contributed by atoms with Gasteiger partial charge in [-0.15, -0.1) is 5.10 Å². The van der Waals surface area contributed by atoms with E-state index < -0.39 is 16.9 Å². The van der Waals surface area contributed by atoms with Crippen LogP contribution < -0.4 is 11.1 Å². The average Bonchev–Trinajstić information content (AvgIpc) is 3.11. The zero-order valence-electron chi connectivity index (χ0n) is 14.7. The van der Waals surface area contributed by atoms with E-state index in [2.05, 4.69) is 20.4 Å². The summed E-state index contributed by atoms with van der Waals surface area (Å²) in [5.41, 5.74) is 7.75. The third kappa shape index (κ3) is 2.86. The van der Waals surface area contributed by atoms with Gasteiger partial charge in [0.2, 0.25) is 11.9 Å². The summed E-state index contributed by atoms with van der Waals surface area (Å²) in [5, 5.41) is 18.6. The molecule has 0 fully saturated rings. The minimum absolute atomic E-state index is 0.0592. The second kappa shape index (κ2) is 6.58. The van der Waals surface area contributed by atoms with Crippen molar-refractivity contribution < 1.29 is 9.72 Å². The van der Waals surface area contributed by atoms with Crippen molar-refractivity contribution in [2.45, 2.75) is 13.0 Å². The summed E-state index contributed by atoms with van der Waals surface area (Å²) in [6, 6.07) is 9.00. The molecule has 3 aromatic rings. The van der Waals surface area contributed by atoms with Gasteiger partial charge in [-0.3, -0.25) is 19.9 Å². The number of amides is 1. The van der Waals surface area contributed by atoms with Crippen LogP contribution in [0.15, 0.2) is 60.1 Å². The normalized spacial score (nSPS) is 15.7. The Hall–Kier alpha value is -4.08. The van der Waals surface area contributed by atoms with Gasteiger partial charge < -0.3 is 11.1 Å². The van der Waals surface area contributed by atoms with E-state index in [4.69, 9.17) is 5.73 Å². The molecule has 0 spiro atoms. The summed E-state index contributed by atoms with van der Waals surface area (Å²) in [4.78, 5) is 31.2. The van der Waals surface area contributed by atoms with Gasteiger partial charge in [-0.25, -0.2) is 4.68 Å². The lowest BCUT2D eigenvalue weighted by atomic mass is 9.96. The molecule has 140 valence electrons. The van der Waals surface area contributed by atoms with E-state index in [1.165, 1.54) is 12.1 Å². The summed E-state index contributed by atoms with van der Waals surface area (Å²) in [7, 11) is 0. The average molecular weight is 377 g/mol. The van der Waals surface area contributed by atoms with Crippen LogP contribution in [0.1, 0.15) is 18.5 Å². The molecule has 3 N–H and O–H groups in total. The first-order valence-electron chi connectivity index (χ1n) is 8.34. The predicted molar refractivity (Wildman–Crippen MR) is 100 cm³/mol. The Morgan fingerprint density at radius 2 is 2.04 bits per heavy atom. The highest BCUT2D eigenvalue weighted by Crippen LogP contribution is 2.36. The van der Waals surface area contributed by atoms with Crippen LogP contribution in [0, 0.1) is 10.1 Å². The van der Waals surface area contributed by atoms with Gasteiger partial charge in [0.05, 0.1) is 10.5 Å². The van der Waals surface area contributed by atoms with Crippen molar-refractivity contribution in [3.63, 3.8) is 0 Å². The lowest BCUT2D eigenvalue weighted by molar-refractivity contribution is -0.384. The van der Waals surface area contributed by atoms with Gasteiger partial charge in [0, 0.05) is 35.8 Å². The number of carbonyl (C=O) groups is 1. The summed E-state index contributed by atoms with van der Waals surface area (Å²) in [6.07, 6.45) is 3.23. The second-order valence-electron chi connectivity index (χ2n) is 6.22. The molecule has 1 unspecified atom stereocenters. The standard InChI is InChI=1S/C18H15N7O3/c1-10-14(16(19)26)15(11-5-7-20-8-6-11)24-18(21-10)22-17(23-24)12-3-2-4-13(9-12)25(27)28/h2-9,15H,1H3,(H2,19,26)(H,21,22,23). The molecule has 4 rings (SSSR count). The predicted octanol–water partition coefficient (Wildman–Crippen LogP) is 2.02. The maximum atomic E-state index is 12.1. The summed E-state index contributed by atoms with van der Waals surface area (Å²) in [6.45, 7) is 1.74. The minimum atomic E-state index is -0.586. The fourth-order valence-corrected chi connectivity index (χ4v) is 3.20. The maximum absolute atomic E-state index is 12.1. The zero-order chi connectivity index (χ0) is 19.8. The number of nitrogens with two attached hydrogens (primary N) is 1. The molecular weight excluding hydrogens is 362 g/mol. The minimum Gasteiger partial charge on any atom is -0.366 e. The SMILES string of the molecule is CC1=C(C(N)=O)C(c2ccncc2)n2nc(-c3cccc([N+](=O)[O-])c3)nc2N1. The van der Waals surface area contributed by atoms with Crippen molar-refractivity contribution in [1.29, 1.82) is 0 Å². The monoisotopic (exact) mass is 377 g/mol. The van der Waals surface area contributed by atoms with E-state index in [0.717, 1.165) is 5.56 Å². The van der Waals surface area contributed by atoms with Crippen molar-refractivity contribution in [3.05, 3.63) is 75.7 Å². The van der Waals surface area contributed by atoms with Crippen LogP contribution in [0.2, 0.25) is 0 Å². The first-order chi connectivity index (χ1) is 13.5. The Bertz CT molecular complexity index is 1120. The molecule has 0 bridgehead atoms. The molecular formula is C18H15N7O3. The van der Waals surface area contributed by atoms with Gasteiger partial charge >= 0.3 is 0 Å². The molecule has 1 aliphatic rings. The van der Waals surface area contributed by atoms with Crippen LogP contribution in [0.4, 0.5) is 11.6 Å². The van der Waals surface area contributed by atoms with Crippen LogP contribution in [0.3, 0.4) is 0 Å². The van der Waals surface area contributed by atoms with E-state index in [-0.39, 0.29) is 5.69 Å². The number of nitrogens with zero attached hydrogens (tertiary/aromatic N) is 5. The highest BCUT2D eigenvalue weighted by Gasteiger charge is 2.33. The maximum Gasteiger partial charge on any atom is 0.270 e. The molecule has 1 aromatic carbocycles. The lowest BCUT2D eigenvalue weighted by Crippen LogP contribution is -2.31. The molecule has 0 saturated carbocycles. The summed E-state index contributed by atoms with van der Waals surface area (Å²) < 4.78 is 1.55. The third-order valence-electron chi connectivity index (χ3n) is 4.46. The molecule has 1 atom stereocenters. The van der Waals surface area contributed by atoms with Crippen molar-refractivity contribution in [3.8, 4) is 11.4 Å². The van der Waals surface area contributed by atoms with Crippen LogP contribution in [-0.2, 0) is 4.79 Å². The van der Waals surface area contributed by atoms with Gasteiger partial charge in [0.25, 0.3) is 5.69 Å². The lowest BCUT2D eigenvalue weighted by Gasteiger charge is -2.27. The molecule has 28 heavy (non-hydrogen) atoms. The molecule has 10 heteroatoms. The number of carbonyl (C=O) groups excluding carboxylic acids is 1. The van der Waals surface area contributed by atoms with Crippen molar-refractivity contribution in [2.24, 2.45) is 5.73 Å². The van der Waals surface area contributed by atoms with Gasteiger partial charge in [0.1, 0.15) is 6.04 Å². The number of benzene rings is 1. The Morgan fingerprint density at radius 1 is 1.29 bits per heavy atom. The van der Waals surface area contributed by atoms with Crippen molar-refractivity contribution in [2.75, 3.05) is 5.32 Å². The smallest absolute Gasteiger partial charge is 0.270 e. The van der Waals surface area contributed by atoms with E-state index in [1.807, 2.05) is 0 Å². The Labute approximate surface area is 158 Å². The van der Waals surface area contributed by atoms with Crippen LogP contribution >= 0.6 is 0 Å². The largest absolute Gasteiger partial charge is 0.366 e. The fraction of sp³-hybridized carbons (Fsp3) is 0.111. The topological polar surface area (TPSA) is 142 Å². The Kier molecular flexibility index (Phi) is 4.07. The van der Waals surface area contributed by atoms with Crippen molar-refractivity contribution >= 4 is 17.5 Å². The number of hydrogen-bond donors (Lipinski definition) is 2. The Balaban J connectivity index is 1.86. The third-order valence-corrected chi connectivity index (χ3v) is 4.46. The number of nitro groups is 1. The number of allylic oxidation sites excluding steroid dienone is 1. The number of hydrogen-bond acceptors (Lipinski definition) is 7. The zero-order valence-corrected chi connectivity index (χ0v) is 14.7. The first kappa shape index (κ1) is 17.3. The number of non-ortho nitro benzene ring substituents is 1. The summed E-state index contributed by atoms with van der Waals surface area (Å²) >= 11 is 0. The molecule has 0 saturated heterocycles. The number of rotatable bonds is 4. The second-order valence-corrected chi connectivity index (χ2v) is 6.22. The molecule has 2 aromatic heterocycles. The number of primary amides is 1. The highest BCUT2D eigenvalue weighted by atomic mass is 16.6. The van der Waals surface area contributed by atoms with E-state index in [1.54, 1.807) is 48.3 Å². The fourth-order valence-electron chi connectivity index (χ4n) is 3.20. The quantitative estimate of drug-likeness (QED) is 0.523. The highest BCUT2D eigenvalue weighted by molar-refractivity contribution is 5.95. The number of nitrogens with one attached hydrogen (secondary N) is 1. The number of anilines is 1. The first-order valence-corrected chi connectivity index (χ1v) is 8.34. The molecule has 1 amide bonds. The van der Waals surface area contributed by atoms with E-state index in [0.29, 0.717) is 28.6 Å². The van der Waals surface area contributed by atoms with Gasteiger partial charge in [-0.1, -0.05) is 12.1 Å². The van der Waals surface area contributed by atoms with Crippen molar-refractivity contribution in [1.82, 2.24) is 19.7 Å². The van der Waals surface area contributed by atoms with Crippen LogP contribution in [-0.4, -0.2) is 30.6 Å². The number of pyridine rings is 1. The molecule has 1 aliphatic heterocycles. The molecule has 10 nitrogen and oxygen atoms in total. The molecule has 0 aliphatic carbocycles. The number of aromatic nitrogens is 4. The summed E-state index contributed by atoms with van der Waals surface area (Å²) in [5.74, 6) is 0.124. The van der Waals surface area contributed by atoms with Crippen LogP contribution in [0.25, 0.3) is 11.4 Å². The van der Waals surface area contributed by atoms with Gasteiger partial charge in [0.15, 0.2) is 5.82 Å².